The van der Waals surface area contributed by atoms with Gasteiger partial charge in [0.1, 0.15) is 13.2 Å². The SMILES string of the molecule is CCOc1cc(COc2c(Br)cc(/C=N/NC(=O)c3ccc(-c4csc(C)n4)cc3)cc2OC)ccc1OCc1ccccc1. The molecule has 10 heteroatoms. The molecule has 1 amide bonds. The quantitative estimate of drug-likeness (QED) is 0.0992. The lowest BCUT2D eigenvalue weighted by molar-refractivity contribution is 0.0955. The smallest absolute Gasteiger partial charge is 0.271 e. The van der Waals surface area contributed by atoms with E-state index < -0.39 is 0 Å². The number of halogens is 1. The number of hydrogen-bond acceptors (Lipinski definition) is 8. The maximum atomic E-state index is 12.6. The van der Waals surface area contributed by atoms with Gasteiger partial charge in [0.25, 0.3) is 5.91 Å². The zero-order chi connectivity index (χ0) is 31.6. The maximum absolute atomic E-state index is 12.6. The number of methoxy groups -OCH3 is 1. The van der Waals surface area contributed by atoms with Crippen molar-refractivity contribution >= 4 is 39.4 Å². The van der Waals surface area contributed by atoms with E-state index in [4.69, 9.17) is 18.9 Å². The third-order valence-electron chi connectivity index (χ3n) is 6.62. The van der Waals surface area contributed by atoms with Crippen molar-refractivity contribution in [1.29, 1.82) is 0 Å². The Morgan fingerprint density at radius 3 is 2.40 bits per heavy atom. The Morgan fingerprint density at radius 2 is 1.69 bits per heavy atom. The van der Waals surface area contributed by atoms with Crippen molar-refractivity contribution in [3.63, 3.8) is 0 Å². The number of aryl methyl sites for hydroxylation is 1. The molecule has 1 aromatic heterocycles. The summed E-state index contributed by atoms with van der Waals surface area (Å²) in [5.41, 5.74) is 7.61. The molecule has 1 N–H and O–H groups in total. The first-order chi connectivity index (χ1) is 21.9. The summed E-state index contributed by atoms with van der Waals surface area (Å²) in [5, 5.41) is 7.13. The zero-order valence-electron chi connectivity index (χ0n) is 25.1. The van der Waals surface area contributed by atoms with E-state index in [0.717, 1.165) is 27.4 Å². The van der Waals surface area contributed by atoms with Crippen LogP contribution in [-0.2, 0) is 13.2 Å². The monoisotopic (exact) mass is 685 g/mol. The molecule has 8 nitrogen and oxygen atoms in total. The van der Waals surface area contributed by atoms with Crippen molar-refractivity contribution in [2.24, 2.45) is 5.10 Å². The van der Waals surface area contributed by atoms with E-state index in [1.807, 2.05) is 86.0 Å². The van der Waals surface area contributed by atoms with E-state index in [0.29, 0.717) is 51.8 Å². The maximum Gasteiger partial charge on any atom is 0.271 e. The number of hydrazone groups is 1. The molecule has 0 saturated heterocycles. The third-order valence-corrected chi connectivity index (χ3v) is 7.98. The molecule has 0 aliphatic heterocycles. The van der Waals surface area contributed by atoms with Crippen LogP contribution in [0.4, 0.5) is 0 Å². The Hall–Kier alpha value is -4.67. The van der Waals surface area contributed by atoms with Gasteiger partial charge in [-0.3, -0.25) is 4.79 Å². The number of ether oxygens (including phenoxy) is 4. The van der Waals surface area contributed by atoms with Gasteiger partial charge in [-0.05, 0) is 82.9 Å². The number of benzene rings is 4. The van der Waals surface area contributed by atoms with Gasteiger partial charge in [0.15, 0.2) is 23.0 Å². The van der Waals surface area contributed by atoms with Gasteiger partial charge in [0.2, 0.25) is 0 Å². The fraction of sp³-hybridized carbons (Fsp3) is 0.171. The van der Waals surface area contributed by atoms with Crippen LogP contribution in [0.2, 0.25) is 0 Å². The number of amides is 1. The molecule has 0 atom stereocenters. The molecule has 45 heavy (non-hydrogen) atoms. The van der Waals surface area contributed by atoms with Crippen molar-refractivity contribution in [2.75, 3.05) is 13.7 Å². The van der Waals surface area contributed by atoms with Crippen LogP contribution in [-0.4, -0.2) is 30.8 Å². The average Bonchev–Trinajstić information content (AvgIpc) is 3.50. The molecule has 5 aromatic rings. The summed E-state index contributed by atoms with van der Waals surface area (Å²) in [5.74, 6) is 2.05. The minimum absolute atomic E-state index is 0.276. The molecule has 5 rings (SSSR count). The van der Waals surface area contributed by atoms with Gasteiger partial charge in [-0.1, -0.05) is 48.5 Å². The van der Waals surface area contributed by atoms with E-state index >= 15 is 0 Å². The van der Waals surface area contributed by atoms with Crippen LogP contribution in [0.5, 0.6) is 23.0 Å². The lowest BCUT2D eigenvalue weighted by atomic mass is 10.1. The van der Waals surface area contributed by atoms with Gasteiger partial charge in [0.05, 0.1) is 35.1 Å². The topological polar surface area (TPSA) is 91.3 Å². The normalized spacial score (nSPS) is 10.9. The highest BCUT2D eigenvalue weighted by Crippen LogP contribution is 2.37. The predicted molar refractivity (Wildman–Crippen MR) is 181 cm³/mol. The molecule has 0 aliphatic carbocycles. The second kappa shape index (κ2) is 15.4. The number of aromatic nitrogens is 1. The molecule has 0 aliphatic rings. The van der Waals surface area contributed by atoms with Crippen LogP contribution < -0.4 is 24.4 Å². The van der Waals surface area contributed by atoms with Crippen LogP contribution in [0.1, 0.15) is 39.0 Å². The fourth-order valence-electron chi connectivity index (χ4n) is 4.39. The van der Waals surface area contributed by atoms with Crippen molar-refractivity contribution in [1.82, 2.24) is 10.4 Å². The molecule has 0 unspecified atom stereocenters. The largest absolute Gasteiger partial charge is 0.493 e. The molecule has 0 saturated carbocycles. The first kappa shape index (κ1) is 31.7. The van der Waals surface area contributed by atoms with Gasteiger partial charge in [-0.15, -0.1) is 11.3 Å². The number of rotatable bonds is 13. The van der Waals surface area contributed by atoms with Gasteiger partial charge >= 0.3 is 0 Å². The van der Waals surface area contributed by atoms with Crippen molar-refractivity contribution in [3.8, 4) is 34.3 Å². The molecule has 0 fully saturated rings. The van der Waals surface area contributed by atoms with Crippen LogP contribution in [0.25, 0.3) is 11.3 Å². The van der Waals surface area contributed by atoms with Crippen LogP contribution in [0.15, 0.2) is 99.9 Å². The van der Waals surface area contributed by atoms with Crippen LogP contribution in [0, 0.1) is 6.92 Å². The standard InChI is InChI=1S/C35H32BrN3O5S/c1-4-42-32-17-25(10-15-31(32)43-20-24-8-6-5-7-9-24)21-44-34-29(36)16-26(18-33(34)41-3)19-37-39-35(40)28-13-11-27(12-14-28)30-22-45-23(2)38-30/h5-19,22H,4,20-21H2,1-3H3,(H,39,40)/b37-19+. The third kappa shape index (κ3) is 8.49. The van der Waals surface area contributed by atoms with Crippen molar-refractivity contribution in [2.45, 2.75) is 27.1 Å². The van der Waals surface area contributed by atoms with Crippen LogP contribution >= 0.6 is 27.3 Å². The van der Waals surface area contributed by atoms with Crippen molar-refractivity contribution in [3.05, 3.63) is 122 Å². The highest BCUT2D eigenvalue weighted by molar-refractivity contribution is 9.10. The minimum Gasteiger partial charge on any atom is -0.493 e. The summed E-state index contributed by atoms with van der Waals surface area (Å²) in [6.45, 7) is 5.13. The molecule has 0 bridgehead atoms. The van der Waals surface area contributed by atoms with Gasteiger partial charge in [-0.25, -0.2) is 10.4 Å². The number of nitrogens with zero attached hydrogens (tertiary/aromatic N) is 2. The number of carbonyl (C=O) groups is 1. The Balaban J connectivity index is 1.20. The Kier molecular flexibility index (Phi) is 10.8. The zero-order valence-corrected chi connectivity index (χ0v) is 27.5. The number of thiazole rings is 1. The van der Waals surface area contributed by atoms with E-state index in [9.17, 15) is 4.79 Å². The highest BCUT2D eigenvalue weighted by atomic mass is 79.9. The average molecular weight is 687 g/mol. The molecule has 0 spiro atoms. The lowest BCUT2D eigenvalue weighted by Crippen LogP contribution is -2.17. The second-order valence-corrected chi connectivity index (χ2v) is 11.8. The second-order valence-electron chi connectivity index (χ2n) is 9.84. The molecule has 4 aromatic carbocycles. The summed E-state index contributed by atoms with van der Waals surface area (Å²) in [6, 6.07) is 26.6. The number of hydrogen-bond donors (Lipinski definition) is 1. The van der Waals surface area contributed by atoms with Gasteiger partial charge < -0.3 is 18.9 Å². The molecule has 0 radical (unpaired) electrons. The fourth-order valence-corrected chi connectivity index (χ4v) is 5.59. The summed E-state index contributed by atoms with van der Waals surface area (Å²) in [7, 11) is 1.57. The first-order valence-corrected chi connectivity index (χ1v) is 15.9. The predicted octanol–water partition coefficient (Wildman–Crippen LogP) is 8.21. The number of carbonyl (C=O) groups excluding carboxylic acids is 1. The summed E-state index contributed by atoms with van der Waals surface area (Å²) in [4.78, 5) is 17.1. The Morgan fingerprint density at radius 1 is 0.911 bits per heavy atom. The summed E-state index contributed by atoms with van der Waals surface area (Å²) < 4.78 is 24.3. The van der Waals surface area contributed by atoms with E-state index in [1.54, 1.807) is 42.9 Å². The Bertz CT molecular complexity index is 1770. The van der Waals surface area contributed by atoms with Crippen molar-refractivity contribution < 1.29 is 23.7 Å². The van der Waals surface area contributed by atoms with E-state index in [-0.39, 0.29) is 12.5 Å². The summed E-state index contributed by atoms with van der Waals surface area (Å²) in [6.07, 6.45) is 1.55. The first-order valence-electron chi connectivity index (χ1n) is 14.2. The summed E-state index contributed by atoms with van der Waals surface area (Å²) >= 11 is 5.18. The highest BCUT2D eigenvalue weighted by Gasteiger charge is 2.14. The molecular weight excluding hydrogens is 654 g/mol. The van der Waals surface area contributed by atoms with E-state index in [1.165, 1.54) is 0 Å². The van der Waals surface area contributed by atoms with Gasteiger partial charge in [0, 0.05) is 16.5 Å². The van der Waals surface area contributed by atoms with Gasteiger partial charge in [-0.2, -0.15) is 5.10 Å². The molecule has 1 heterocycles. The Labute approximate surface area is 274 Å². The van der Waals surface area contributed by atoms with Crippen LogP contribution in [0.3, 0.4) is 0 Å². The van der Waals surface area contributed by atoms with E-state index in [2.05, 4.69) is 31.4 Å². The minimum atomic E-state index is -0.318. The number of nitrogens with one attached hydrogen (secondary N) is 1. The lowest BCUT2D eigenvalue weighted by Gasteiger charge is -2.16. The molecule has 230 valence electrons. The molecular formula is C35H32BrN3O5S.